The van der Waals surface area contributed by atoms with Crippen molar-refractivity contribution in [3.05, 3.63) is 0 Å². The number of nitrogens with one attached hydrogen (secondary N) is 1. The van der Waals surface area contributed by atoms with Crippen LogP contribution in [0.1, 0.15) is 58.3 Å². The molecule has 0 bridgehead atoms. The Morgan fingerprint density at radius 1 is 1.35 bits per heavy atom. The van der Waals surface area contributed by atoms with Gasteiger partial charge in [-0.05, 0) is 33.2 Å². The monoisotopic (exact) mass is 241 g/mol. The van der Waals surface area contributed by atoms with E-state index in [2.05, 4.69) is 24.3 Å². The first-order valence-electron chi connectivity index (χ1n) is 6.86. The largest absolute Gasteiger partial charge is 0.301 e. The number of hydrazine groups is 1. The number of carbonyl (C=O) groups is 1. The molecular formula is C13H27N3O. The van der Waals surface area contributed by atoms with Crippen LogP contribution >= 0.6 is 0 Å². The Kier molecular flexibility index (Phi) is 6.52. The molecule has 1 aliphatic rings. The van der Waals surface area contributed by atoms with Crippen LogP contribution in [0.5, 0.6) is 0 Å². The molecular weight excluding hydrogens is 214 g/mol. The van der Waals surface area contributed by atoms with Gasteiger partial charge in [-0.25, -0.2) is 5.84 Å². The van der Waals surface area contributed by atoms with E-state index in [0.29, 0.717) is 18.5 Å². The van der Waals surface area contributed by atoms with Gasteiger partial charge in [-0.1, -0.05) is 25.7 Å². The van der Waals surface area contributed by atoms with Crippen molar-refractivity contribution < 1.29 is 4.79 Å². The standard InChI is InChI=1S/C13H27N3O/c1-11(9-10-13(17)15-14)16(2)12-7-5-3-4-6-8-12/h11-12H,3-10,14H2,1-2H3,(H,15,17). The van der Waals surface area contributed by atoms with Gasteiger partial charge in [0.25, 0.3) is 0 Å². The molecule has 1 atom stereocenters. The van der Waals surface area contributed by atoms with E-state index in [-0.39, 0.29) is 5.91 Å². The average molecular weight is 241 g/mol. The van der Waals surface area contributed by atoms with E-state index in [0.717, 1.165) is 6.42 Å². The van der Waals surface area contributed by atoms with Gasteiger partial charge in [-0.15, -0.1) is 0 Å². The molecule has 0 spiro atoms. The Bertz CT molecular complexity index is 225. The van der Waals surface area contributed by atoms with Crippen LogP contribution in [0, 0.1) is 0 Å². The molecule has 0 aromatic rings. The fourth-order valence-corrected chi connectivity index (χ4v) is 2.64. The van der Waals surface area contributed by atoms with E-state index in [9.17, 15) is 4.79 Å². The van der Waals surface area contributed by atoms with Crippen LogP contribution in [0.2, 0.25) is 0 Å². The molecule has 0 heterocycles. The molecule has 17 heavy (non-hydrogen) atoms. The maximum absolute atomic E-state index is 11.1. The minimum Gasteiger partial charge on any atom is -0.301 e. The summed E-state index contributed by atoms with van der Waals surface area (Å²) in [4.78, 5) is 13.6. The maximum atomic E-state index is 11.1. The first-order valence-corrected chi connectivity index (χ1v) is 6.86. The lowest BCUT2D eigenvalue weighted by molar-refractivity contribution is -0.121. The number of nitrogens with two attached hydrogens (primary N) is 1. The minimum absolute atomic E-state index is 0.0638. The number of nitrogens with zero attached hydrogens (tertiary/aromatic N) is 1. The van der Waals surface area contributed by atoms with E-state index in [4.69, 9.17) is 5.84 Å². The lowest BCUT2D eigenvalue weighted by Crippen LogP contribution is -2.39. The highest BCUT2D eigenvalue weighted by Crippen LogP contribution is 2.23. The Hall–Kier alpha value is -0.610. The molecule has 1 rings (SSSR count). The van der Waals surface area contributed by atoms with Gasteiger partial charge in [0.15, 0.2) is 0 Å². The second-order valence-corrected chi connectivity index (χ2v) is 5.27. The zero-order valence-electron chi connectivity index (χ0n) is 11.2. The summed E-state index contributed by atoms with van der Waals surface area (Å²) >= 11 is 0. The normalized spacial score (nSPS) is 20.0. The lowest BCUT2D eigenvalue weighted by Gasteiger charge is -2.32. The summed E-state index contributed by atoms with van der Waals surface area (Å²) in [6.45, 7) is 2.20. The van der Waals surface area contributed by atoms with Gasteiger partial charge in [-0.3, -0.25) is 10.2 Å². The zero-order chi connectivity index (χ0) is 12.7. The quantitative estimate of drug-likeness (QED) is 0.334. The Morgan fingerprint density at radius 2 is 1.94 bits per heavy atom. The smallest absolute Gasteiger partial charge is 0.233 e. The van der Waals surface area contributed by atoms with Crippen molar-refractivity contribution in [1.29, 1.82) is 0 Å². The number of carbonyl (C=O) groups excluding carboxylic acids is 1. The highest BCUT2D eigenvalue weighted by molar-refractivity contribution is 5.75. The van der Waals surface area contributed by atoms with Gasteiger partial charge >= 0.3 is 0 Å². The maximum Gasteiger partial charge on any atom is 0.233 e. The topological polar surface area (TPSA) is 58.4 Å². The third kappa shape index (κ3) is 5.04. The predicted octanol–water partition coefficient (Wildman–Crippen LogP) is 1.80. The summed E-state index contributed by atoms with van der Waals surface area (Å²) in [7, 11) is 2.20. The molecule has 3 N–H and O–H groups in total. The summed E-state index contributed by atoms with van der Waals surface area (Å²) in [5.41, 5.74) is 2.19. The van der Waals surface area contributed by atoms with E-state index >= 15 is 0 Å². The minimum atomic E-state index is -0.0638. The third-order valence-electron chi connectivity index (χ3n) is 4.05. The number of amides is 1. The van der Waals surface area contributed by atoms with E-state index in [1.807, 2.05) is 0 Å². The zero-order valence-corrected chi connectivity index (χ0v) is 11.2. The first-order chi connectivity index (χ1) is 8.15. The molecule has 1 saturated carbocycles. The van der Waals surface area contributed by atoms with Gasteiger partial charge in [0.2, 0.25) is 5.91 Å². The summed E-state index contributed by atoms with van der Waals surface area (Å²) in [5.74, 6) is 5.02. The lowest BCUT2D eigenvalue weighted by atomic mass is 10.0. The number of rotatable bonds is 5. The van der Waals surface area contributed by atoms with E-state index in [1.54, 1.807) is 0 Å². The predicted molar refractivity (Wildman–Crippen MR) is 70.3 cm³/mol. The van der Waals surface area contributed by atoms with Crippen LogP contribution in [0.3, 0.4) is 0 Å². The van der Waals surface area contributed by atoms with Crippen molar-refractivity contribution in [2.75, 3.05) is 7.05 Å². The van der Waals surface area contributed by atoms with Gasteiger partial charge in [0, 0.05) is 18.5 Å². The average Bonchev–Trinajstić information content (AvgIpc) is 2.63. The molecule has 0 radical (unpaired) electrons. The molecule has 0 aromatic heterocycles. The summed E-state index contributed by atoms with van der Waals surface area (Å²) in [6.07, 6.45) is 9.50. The van der Waals surface area contributed by atoms with Crippen LogP contribution in [0.25, 0.3) is 0 Å². The second-order valence-electron chi connectivity index (χ2n) is 5.27. The van der Waals surface area contributed by atoms with Gasteiger partial charge < -0.3 is 4.90 Å². The molecule has 1 amide bonds. The van der Waals surface area contributed by atoms with Crippen LogP contribution in [-0.4, -0.2) is 29.9 Å². The third-order valence-corrected chi connectivity index (χ3v) is 4.05. The van der Waals surface area contributed by atoms with Crippen molar-refractivity contribution in [1.82, 2.24) is 10.3 Å². The van der Waals surface area contributed by atoms with Crippen molar-refractivity contribution in [3.63, 3.8) is 0 Å². The summed E-state index contributed by atoms with van der Waals surface area (Å²) < 4.78 is 0. The van der Waals surface area contributed by atoms with E-state index in [1.165, 1.54) is 38.5 Å². The van der Waals surface area contributed by atoms with Crippen molar-refractivity contribution in [2.45, 2.75) is 70.4 Å². The van der Waals surface area contributed by atoms with Crippen molar-refractivity contribution >= 4 is 5.91 Å². The van der Waals surface area contributed by atoms with Crippen molar-refractivity contribution in [3.8, 4) is 0 Å². The number of hydrogen-bond donors (Lipinski definition) is 2. The van der Waals surface area contributed by atoms with Crippen LogP contribution in [0.4, 0.5) is 0 Å². The Balaban J connectivity index is 2.33. The highest BCUT2D eigenvalue weighted by Gasteiger charge is 2.21. The van der Waals surface area contributed by atoms with Gasteiger partial charge in [-0.2, -0.15) is 0 Å². The first kappa shape index (κ1) is 14.5. The molecule has 0 saturated heterocycles. The Labute approximate surface area is 105 Å². The fourth-order valence-electron chi connectivity index (χ4n) is 2.64. The van der Waals surface area contributed by atoms with Crippen LogP contribution in [0.15, 0.2) is 0 Å². The van der Waals surface area contributed by atoms with E-state index < -0.39 is 0 Å². The SMILES string of the molecule is CC(CCC(=O)NN)N(C)C1CCCCCC1. The highest BCUT2D eigenvalue weighted by atomic mass is 16.2. The second kappa shape index (κ2) is 7.67. The number of hydrogen-bond acceptors (Lipinski definition) is 3. The fraction of sp³-hybridized carbons (Fsp3) is 0.923. The van der Waals surface area contributed by atoms with Gasteiger partial charge in [0.05, 0.1) is 0 Å². The molecule has 1 aliphatic carbocycles. The Morgan fingerprint density at radius 3 is 2.47 bits per heavy atom. The van der Waals surface area contributed by atoms with Crippen LogP contribution in [-0.2, 0) is 4.79 Å². The molecule has 0 aromatic carbocycles. The summed E-state index contributed by atoms with van der Waals surface area (Å²) in [5, 5.41) is 0. The summed E-state index contributed by atoms with van der Waals surface area (Å²) in [6, 6.07) is 1.16. The molecule has 0 aliphatic heterocycles. The molecule has 1 fully saturated rings. The molecule has 100 valence electrons. The molecule has 4 heteroatoms. The van der Waals surface area contributed by atoms with Crippen molar-refractivity contribution in [2.24, 2.45) is 5.84 Å². The van der Waals surface area contributed by atoms with Gasteiger partial charge in [0.1, 0.15) is 0 Å². The molecule has 4 nitrogen and oxygen atoms in total. The molecule has 1 unspecified atom stereocenters. The van der Waals surface area contributed by atoms with Crippen LogP contribution < -0.4 is 11.3 Å².